The van der Waals surface area contributed by atoms with Crippen LogP contribution >= 0.6 is 0 Å². The molecule has 5 aromatic heterocycles. The van der Waals surface area contributed by atoms with Crippen molar-refractivity contribution in [1.29, 1.82) is 0 Å². The van der Waals surface area contributed by atoms with Gasteiger partial charge in [0.1, 0.15) is 40.4 Å². The number of aryl methyl sites for hydroxylation is 1. The molecule has 5 atom stereocenters. The van der Waals surface area contributed by atoms with Crippen molar-refractivity contribution < 1.29 is 55.2 Å². The average molecular weight is 1660 g/mol. The largest absolute Gasteiger partial charge is 0.497 e. The van der Waals surface area contributed by atoms with Crippen LogP contribution in [0.1, 0.15) is 284 Å². The SMILES string of the molecule is CC1(C)CC(=O)C2=C(Cc3ncoc3C2(C)c2ccccc2)C1.CCC1(c2cccc(C)c2)C2=C(Cc3ncoc31)CC(C)(C)CC2=O.CCC1(c2cccc(F)c2)C2=C(Cc3ncoc31)CC(C)(C)CC2=O.CCC1(c2cccc(OC)c2)C2=C(Cc3ncoc31)CC(C)(C)CC2=O.CCC1(c2ccccc2)C2=C(Cc3ncoc31)CC(C)(C)CC2=O. The number of ketones is 5. The number of carbonyl (C=O) groups is 5. The number of carbonyl (C=O) groups excluding carboxylic acids is 5. The van der Waals surface area contributed by atoms with Crippen molar-refractivity contribution in [2.24, 2.45) is 27.1 Å². The molecule has 10 aliphatic rings. The van der Waals surface area contributed by atoms with Gasteiger partial charge in [0.2, 0.25) is 0 Å². The number of aromatic nitrogens is 5. The molecule has 0 fully saturated rings. The Labute approximate surface area is 722 Å². The molecule has 20 rings (SSSR count). The van der Waals surface area contributed by atoms with E-state index in [9.17, 15) is 28.4 Å². The molecule has 0 amide bonds. The second-order valence-electron chi connectivity index (χ2n) is 40.1. The molecule has 10 aliphatic carbocycles. The van der Waals surface area contributed by atoms with Gasteiger partial charge in [0.25, 0.3) is 0 Å². The topological polar surface area (TPSA) is 225 Å². The van der Waals surface area contributed by atoms with E-state index in [4.69, 9.17) is 26.8 Å². The van der Waals surface area contributed by atoms with Crippen LogP contribution in [0.15, 0.2) is 243 Å². The van der Waals surface area contributed by atoms with Gasteiger partial charge in [0, 0.05) is 92.1 Å². The third-order valence-electron chi connectivity index (χ3n) is 28.3. The van der Waals surface area contributed by atoms with Gasteiger partial charge in [-0.1, -0.05) is 240 Å². The summed E-state index contributed by atoms with van der Waals surface area (Å²) in [6.45, 7) is 34.3. The predicted molar refractivity (Wildman–Crippen MR) is 470 cm³/mol. The molecule has 0 radical (unpaired) electrons. The van der Waals surface area contributed by atoms with E-state index in [1.54, 1.807) is 19.6 Å². The van der Waals surface area contributed by atoms with Crippen LogP contribution in [-0.2, 0) is 83.2 Å². The fraction of sp³-hybridized carbons (Fsp3) is 0.434. The van der Waals surface area contributed by atoms with E-state index < -0.39 is 27.1 Å². The highest BCUT2D eigenvalue weighted by atomic mass is 19.1. The van der Waals surface area contributed by atoms with Crippen molar-refractivity contribution in [3.8, 4) is 5.75 Å². The summed E-state index contributed by atoms with van der Waals surface area (Å²) in [5.74, 6) is 5.76. The number of benzene rings is 5. The Morgan fingerprint density at radius 2 is 0.593 bits per heavy atom. The number of fused-ring (bicyclic) bond motifs is 5. The first-order valence-corrected chi connectivity index (χ1v) is 44.1. The zero-order valence-corrected chi connectivity index (χ0v) is 74.6. The van der Waals surface area contributed by atoms with Crippen LogP contribution in [0.5, 0.6) is 5.75 Å². The summed E-state index contributed by atoms with van der Waals surface area (Å²) in [5, 5.41) is 0. The highest BCUT2D eigenvalue weighted by Gasteiger charge is 2.57. The van der Waals surface area contributed by atoms with E-state index in [1.165, 1.54) is 65.6 Å². The van der Waals surface area contributed by atoms with E-state index in [2.05, 4.69) is 183 Å². The van der Waals surface area contributed by atoms with Crippen molar-refractivity contribution in [1.82, 2.24) is 24.9 Å². The summed E-state index contributed by atoms with van der Waals surface area (Å²) >= 11 is 0. The van der Waals surface area contributed by atoms with Gasteiger partial charge >= 0.3 is 0 Å². The van der Waals surface area contributed by atoms with E-state index >= 15 is 0 Å². The summed E-state index contributed by atoms with van der Waals surface area (Å²) in [4.78, 5) is 88.4. The molecular weight excluding hydrogens is 1540 g/mol. The summed E-state index contributed by atoms with van der Waals surface area (Å²) in [7, 11) is 1.66. The third-order valence-corrected chi connectivity index (χ3v) is 28.3. The van der Waals surface area contributed by atoms with Crippen LogP contribution in [0.4, 0.5) is 4.39 Å². The molecule has 123 heavy (non-hydrogen) atoms. The summed E-state index contributed by atoms with van der Waals surface area (Å²) in [6.07, 6.45) is 21.6. The molecule has 0 spiro atoms. The molecule has 17 heteroatoms. The van der Waals surface area contributed by atoms with E-state index in [0.717, 1.165) is 189 Å². The molecule has 5 aromatic carbocycles. The van der Waals surface area contributed by atoms with Crippen molar-refractivity contribution in [2.45, 2.75) is 260 Å². The zero-order chi connectivity index (χ0) is 87.4. The van der Waals surface area contributed by atoms with Crippen LogP contribution < -0.4 is 4.74 Å². The zero-order valence-electron chi connectivity index (χ0n) is 74.6. The Balaban J connectivity index is 0.000000114. The highest BCUT2D eigenvalue weighted by Crippen LogP contribution is 2.60. The number of hydrogen-bond donors (Lipinski definition) is 0. The molecule has 10 aromatic rings. The first-order valence-electron chi connectivity index (χ1n) is 44.1. The maximum Gasteiger partial charge on any atom is 0.181 e. The van der Waals surface area contributed by atoms with E-state index in [-0.39, 0.29) is 61.8 Å². The van der Waals surface area contributed by atoms with Gasteiger partial charge in [-0.15, -0.1) is 0 Å². The van der Waals surface area contributed by atoms with E-state index in [1.807, 2.05) is 67.6 Å². The molecule has 0 N–H and O–H groups in total. The van der Waals surface area contributed by atoms with Crippen LogP contribution in [0.2, 0.25) is 0 Å². The lowest BCUT2D eigenvalue weighted by Crippen LogP contribution is -2.42. The molecule has 0 bridgehead atoms. The highest BCUT2D eigenvalue weighted by molar-refractivity contribution is 6.05. The molecule has 16 nitrogen and oxygen atoms in total. The molecular formula is C106H116FN5O11. The molecule has 5 heterocycles. The molecule has 0 aliphatic heterocycles. The number of allylic oxidation sites excluding steroid dienone is 10. The van der Waals surface area contributed by atoms with Crippen LogP contribution in [-0.4, -0.2) is 60.9 Å². The Hall–Kier alpha value is -11.1. The first-order chi connectivity index (χ1) is 58.5. The number of ether oxygens (including phenoxy) is 1. The van der Waals surface area contributed by atoms with Gasteiger partial charge in [-0.2, -0.15) is 0 Å². The summed E-state index contributed by atoms with van der Waals surface area (Å²) < 4.78 is 48.7. The van der Waals surface area contributed by atoms with Crippen molar-refractivity contribution in [3.63, 3.8) is 0 Å². The molecule has 5 unspecified atom stereocenters. The van der Waals surface area contributed by atoms with Crippen molar-refractivity contribution in [3.05, 3.63) is 318 Å². The third kappa shape index (κ3) is 14.7. The molecule has 0 saturated carbocycles. The minimum absolute atomic E-state index is 0.00891. The maximum absolute atomic E-state index is 14.0. The Morgan fingerprint density at radius 3 is 0.927 bits per heavy atom. The number of hydrogen-bond acceptors (Lipinski definition) is 16. The van der Waals surface area contributed by atoms with Gasteiger partial charge < -0.3 is 26.8 Å². The maximum atomic E-state index is 14.0. The summed E-state index contributed by atoms with van der Waals surface area (Å²) in [5.41, 5.74) is 19.0. The molecule has 638 valence electrons. The normalized spacial score (nSPS) is 25.0. The number of Topliss-reactive ketones (excluding diaryl/α,β-unsaturated/α-hetero) is 5. The molecule has 0 saturated heterocycles. The minimum atomic E-state index is -0.741. The van der Waals surface area contributed by atoms with Gasteiger partial charge in [-0.25, -0.2) is 29.3 Å². The van der Waals surface area contributed by atoms with Gasteiger partial charge in [-0.05, 0) is 151 Å². The lowest BCUT2D eigenvalue weighted by Gasteiger charge is -2.43. The van der Waals surface area contributed by atoms with Crippen molar-refractivity contribution in [2.75, 3.05) is 7.11 Å². The van der Waals surface area contributed by atoms with Gasteiger partial charge in [-0.3, -0.25) is 24.0 Å². The van der Waals surface area contributed by atoms with Crippen LogP contribution in [0.3, 0.4) is 0 Å². The van der Waals surface area contributed by atoms with Gasteiger partial charge in [0.05, 0.1) is 62.7 Å². The quantitative estimate of drug-likeness (QED) is 0.124. The fourth-order valence-corrected chi connectivity index (χ4v) is 23.7. The second kappa shape index (κ2) is 31.9. The summed E-state index contributed by atoms with van der Waals surface area (Å²) in [6, 6.07) is 43.5. The van der Waals surface area contributed by atoms with Crippen molar-refractivity contribution >= 4 is 28.9 Å². The lowest BCUT2D eigenvalue weighted by atomic mass is 9.58. The Morgan fingerprint density at radius 1 is 0.317 bits per heavy atom. The number of methoxy groups -OCH3 is 1. The standard InChI is InChI=1S/C22H25NO3.C22H25NO2.C21H22FNO2.C21H23NO2.C20H21NO2/c1-5-22(15-7-6-8-16(10-15)25-4)19-14(9-17-20(22)26-13-23-17)11-21(2,3)12-18(19)24;1-5-22(16-8-6-7-14(2)9-16)19-15(10-17-20(22)25-13-23-17)11-21(3,4)12-18(19)24;1-4-21(14-6-5-7-15(22)9-14)18-13(8-16-19(21)25-12-23-16)10-20(2,3)11-17(18)24;1-4-21(15-8-6-5-7-9-15)18-14(10-16-19(21)24-13-22-16)11-20(2,3)12-17(18)23;1-19(2)10-13-9-15-18(23-12-21-15)20(3,17(13)16(22)11-19)14-7-5-4-6-8-14/h6-8,10,13H,5,9,11-12H2,1-4H3;6-9,13H,5,10-12H2,1-4H3;5-7,9,12H,4,8,10-11H2,1-3H3;5-9,13H,4,10-12H2,1-3H3;4-8,12H,9-11H2,1-3H3. The minimum Gasteiger partial charge on any atom is -0.497 e. The fourth-order valence-electron chi connectivity index (χ4n) is 23.7. The number of halogens is 1. The smallest absolute Gasteiger partial charge is 0.181 e. The van der Waals surface area contributed by atoms with Crippen LogP contribution in [0.25, 0.3) is 0 Å². The number of rotatable bonds is 10. The first kappa shape index (κ1) is 85.5. The van der Waals surface area contributed by atoms with Crippen LogP contribution in [0, 0.1) is 39.8 Å². The second-order valence-corrected chi connectivity index (χ2v) is 40.1. The van der Waals surface area contributed by atoms with Gasteiger partial charge in [0.15, 0.2) is 60.9 Å². The monoisotopic (exact) mass is 1650 g/mol. The number of nitrogens with zero attached hydrogens (tertiary/aromatic N) is 5. The lowest BCUT2D eigenvalue weighted by molar-refractivity contribution is -0.119. The number of oxazole rings is 5. The van der Waals surface area contributed by atoms with E-state index in [0.29, 0.717) is 57.1 Å². The predicted octanol–water partition coefficient (Wildman–Crippen LogP) is 23.1. The average Bonchev–Trinajstić information content (AvgIpc) is 1.72. The Kier molecular flexibility index (Phi) is 22.2. The Bertz CT molecular complexity index is 5870.